The number of aromatic carboxylic acids is 1. The summed E-state index contributed by atoms with van der Waals surface area (Å²) >= 11 is 0. The number of carboxylic acids is 1. The van der Waals surface area contributed by atoms with Crippen LogP contribution in [0.4, 0.5) is 0 Å². The van der Waals surface area contributed by atoms with Crippen LogP contribution in [0.1, 0.15) is 29.8 Å². The van der Waals surface area contributed by atoms with Gasteiger partial charge in [0, 0.05) is 12.7 Å². The number of nitrogens with zero attached hydrogens (tertiary/aromatic N) is 2. The molecule has 13 heavy (non-hydrogen) atoms. The van der Waals surface area contributed by atoms with Gasteiger partial charge in [-0.3, -0.25) is 0 Å². The second-order valence-electron chi connectivity index (χ2n) is 3.56. The first-order valence-electron chi connectivity index (χ1n) is 4.51. The fourth-order valence-electron chi connectivity index (χ4n) is 1.54. The molecule has 1 heterocycles. The van der Waals surface area contributed by atoms with Crippen molar-refractivity contribution in [3.05, 3.63) is 18.2 Å². The molecule has 0 amide bonds. The molecule has 0 atom stereocenters. The van der Waals surface area contributed by atoms with E-state index in [1.165, 1.54) is 19.3 Å². The van der Waals surface area contributed by atoms with Gasteiger partial charge in [-0.05, 0) is 18.8 Å². The second kappa shape index (κ2) is 3.20. The summed E-state index contributed by atoms with van der Waals surface area (Å²) in [6, 6.07) is 0. The lowest BCUT2D eigenvalue weighted by Gasteiger charge is -2.25. The Hall–Kier alpha value is -1.32. The molecule has 1 saturated carbocycles. The third-order valence-corrected chi connectivity index (χ3v) is 2.55. The van der Waals surface area contributed by atoms with Crippen LogP contribution in [-0.2, 0) is 6.54 Å². The molecule has 1 N–H and O–H groups in total. The van der Waals surface area contributed by atoms with E-state index in [-0.39, 0.29) is 5.69 Å². The summed E-state index contributed by atoms with van der Waals surface area (Å²) in [6.07, 6.45) is 7.04. The van der Waals surface area contributed by atoms with Crippen molar-refractivity contribution in [1.29, 1.82) is 0 Å². The number of aromatic nitrogens is 2. The highest BCUT2D eigenvalue weighted by molar-refractivity contribution is 5.84. The highest BCUT2D eigenvalue weighted by Crippen LogP contribution is 2.27. The maximum Gasteiger partial charge on any atom is 0.356 e. The zero-order chi connectivity index (χ0) is 9.26. The van der Waals surface area contributed by atoms with Crippen LogP contribution >= 0.6 is 0 Å². The van der Waals surface area contributed by atoms with E-state index < -0.39 is 5.97 Å². The maximum atomic E-state index is 10.5. The summed E-state index contributed by atoms with van der Waals surface area (Å²) < 4.78 is 1.87. The Labute approximate surface area is 76.2 Å². The molecule has 1 aliphatic rings. The molecule has 1 aromatic rings. The molecule has 4 nitrogen and oxygen atoms in total. The molecule has 1 aromatic heterocycles. The normalized spacial score (nSPS) is 16.9. The lowest BCUT2D eigenvalue weighted by molar-refractivity contribution is 0.0691. The third kappa shape index (κ3) is 1.71. The van der Waals surface area contributed by atoms with E-state index >= 15 is 0 Å². The van der Waals surface area contributed by atoms with Crippen molar-refractivity contribution >= 4 is 5.97 Å². The van der Waals surface area contributed by atoms with Gasteiger partial charge in [0.2, 0.25) is 0 Å². The Morgan fingerprint density at radius 1 is 1.69 bits per heavy atom. The molecule has 0 unspecified atom stereocenters. The predicted molar refractivity (Wildman–Crippen MR) is 46.5 cm³/mol. The van der Waals surface area contributed by atoms with Gasteiger partial charge in [-0.1, -0.05) is 6.42 Å². The highest BCUT2D eigenvalue weighted by atomic mass is 16.4. The first kappa shape index (κ1) is 8.29. The lowest BCUT2D eigenvalue weighted by atomic mass is 9.85. The summed E-state index contributed by atoms with van der Waals surface area (Å²) in [6.45, 7) is 0.917. The number of imidazole rings is 1. The van der Waals surface area contributed by atoms with Crippen molar-refractivity contribution < 1.29 is 9.90 Å². The molecule has 1 aliphatic carbocycles. The van der Waals surface area contributed by atoms with Crippen LogP contribution in [0.2, 0.25) is 0 Å². The topological polar surface area (TPSA) is 55.1 Å². The Morgan fingerprint density at radius 2 is 2.46 bits per heavy atom. The van der Waals surface area contributed by atoms with Gasteiger partial charge in [-0.2, -0.15) is 0 Å². The standard InChI is InChI=1S/C9H12N2O2/c12-9(13)8-5-11(6-10-8)4-7-2-1-3-7/h5-7H,1-4H2,(H,12,13). The molecule has 1 fully saturated rings. The largest absolute Gasteiger partial charge is 0.476 e. The van der Waals surface area contributed by atoms with Gasteiger partial charge in [0.05, 0.1) is 6.33 Å². The number of rotatable bonds is 3. The molecule has 0 spiro atoms. The second-order valence-corrected chi connectivity index (χ2v) is 3.56. The molecule has 0 saturated heterocycles. The molecule has 4 heteroatoms. The maximum absolute atomic E-state index is 10.5. The van der Waals surface area contributed by atoms with Crippen LogP contribution in [0.15, 0.2) is 12.5 Å². The van der Waals surface area contributed by atoms with E-state index in [4.69, 9.17) is 5.11 Å². The van der Waals surface area contributed by atoms with Crippen molar-refractivity contribution in [2.75, 3.05) is 0 Å². The summed E-state index contributed by atoms with van der Waals surface area (Å²) in [5, 5.41) is 8.63. The fourth-order valence-corrected chi connectivity index (χ4v) is 1.54. The van der Waals surface area contributed by atoms with Crippen LogP contribution in [0.5, 0.6) is 0 Å². The summed E-state index contributed by atoms with van der Waals surface area (Å²) in [5.74, 6) is -0.219. The van der Waals surface area contributed by atoms with Gasteiger partial charge in [0.1, 0.15) is 0 Å². The number of carbonyl (C=O) groups is 1. The molecular weight excluding hydrogens is 168 g/mol. The van der Waals surface area contributed by atoms with E-state index in [9.17, 15) is 4.79 Å². The summed E-state index contributed by atoms with van der Waals surface area (Å²) in [7, 11) is 0. The first-order valence-corrected chi connectivity index (χ1v) is 4.51. The van der Waals surface area contributed by atoms with Gasteiger partial charge >= 0.3 is 5.97 Å². The van der Waals surface area contributed by atoms with Crippen LogP contribution in [0.3, 0.4) is 0 Å². The monoisotopic (exact) mass is 180 g/mol. The number of hydrogen-bond donors (Lipinski definition) is 1. The lowest BCUT2D eigenvalue weighted by Crippen LogP contribution is -2.17. The van der Waals surface area contributed by atoms with Crippen molar-refractivity contribution in [1.82, 2.24) is 9.55 Å². The van der Waals surface area contributed by atoms with Gasteiger partial charge in [-0.15, -0.1) is 0 Å². The predicted octanol–water partition coefficient (Wildman–Crippen LogP) is 1.38. The van der Waals surface area contributed by atoms with Crippen molar-refractivity contribution in [2.24, 2.45) is 5.92 Å². The number of carboxylic acid groups (broad SMARTS) is 1. The van der Waals surface area contributed by atoms with E-state index in [1.54, 1.807) is 12.5 Å². The number of hydrogen-bond acceptors (Lipinski definition) is 2. The minimum atomic E-state index is -0.952. The molecule has 70 valence electrons. The van der Waals surface area contributed by atoms with E-state index in [2.05, 4.69) is 4.98 Å². The molecule has 0 aliphatic heterocycles. The van der Waals surface area contributed by atoms with Crippen LogP contribution in [0, 0.1) is 5.92 Å². The Morgan fingerprint density at radius 3 is 2.92 bits per heavy atom. The summed E-state index contributed by atoms with van der Waals surface area (Å²) in [5.41, 5.74) is 0.138. The fraction of sp³-hybridized carbons (Fsp3) is 0.556. The van der Waals surface area contributed by atoms with E-state index in [0.717, 1.165) is 12.5 Å². The van der Waals surface area contributed by atoms with E-state index in [1.807, 2.05) is 4.57 Å². The molecular formula is C9H12N2O2. The first-order chi connectivity index (χ1) is 6.25. The van der Waals surface area contributed by atoms with Crippen molar-refractivity contribution in [3.8, 4) is 0 Å². The Bertz CT molecular complexity index is 315. The van der Waals surface area contributed by atoms with Crippen molar-refractivity contribution in [2.45, 2.75) is 25.8 Å². The van der Waals surface area contributed by atoms with Crippen LogP contribution in [-0.4, -0.2) is 20.6 Å². The van der Waals surface area contributed by atoms with Crippen LogP contribution in [0.25, 0.3) is 0 Å². The molecule has 0 bridgehead atoms. The van der Waals surface area contributed by atoms with Gasteiger partial charge in [0.15, 0.2) is 5.69 Å². The Balaban J connectivity index is 2.00. The van der Waals surface area contributed by atoms with Crippen molar-refractivity contribution in [3.63, 3.8) is 0 Å². The minimum Gasteiger partial charge on any atom is -0.476 e. The smallest absolute Gasteiger partial charge is 0.356 e. The molecule has 0 radical (unpaired) electrons. The van der Waals surface area contributed by atoms with Gasteiger partial charge in [0.25, 0.3) is 0 Å². The minimum absolute atomic E-state index is 0.138. The average molecular weight is 180 g/mol. The SMILES string of the molecule is O=C(O)c1cn(CC2CCC2)cn1. The van der Waals surface area contributed by atoms with E-state index in [0.29, 0.717) is 0 Å². The quantitative estimate of drug-likeness (QED) is 0.764. The van der Waals surface area contributed by atoms with Crippen LogP contribution < -0.4 is 0 Å². The highest BCUT2D eigenvalue weighted by Gasteiger charge is 2.18. The zero-order valence-corrected chi connectivity index (χ0v) is 7.31. The zero-order valence-electron chi connectivity index (χ0n) is 7.31. The Kier molecular flexibility index (Phi) is 2.04. The molecule has 0 aromatic carbocycles. The van der Waals surface area contributed by atoms with Gasteiger partial charge in [-0.25, -0.2) is 9.78 Å². The third-order valence-electron chi connectivity index (χ3n) is 2.55. The summed E-state index contributed by atoms with van der Waals surface area (Å²) in [4.78, 5) is 14.3. The molecule has 2 rings (SSSR count). The average Bonchev–Trinajstić information content (AvgIpc) is 2.44. The van der Waals surface area contributed by atoms with Gasteiger partial charge < -0.3 is 9.67 Å².